The summed E-state index contributed by atoms with van der Waals surface area (Å²) in [5.41, 5.74) is 2.41. The fourth-order valence-corrected chi connectivity index (χ4v) is 5.40. The first-order valence-electron chi connectivity index (χ1n) is 12.7. The maximum atomic E-state index is 13.6. The van der Waals surface area contributed by atoms with Gasteiger partial charge in [0.2, 0.25) is 5.91 Å². The Balaban J connectivity index is 1.39. The van der Waals surface area contributed by atoms with Crippen LogP contribution in [0.2, 0.25) is 0 Å². The zero-order valence-electron chi connectivity index (χ0n) is 20.3. The van der Waals surface area contributed by atoms with Crippen LogP contribution in [0, 0.1) is 0 Å². The topological polar surface area (TPSA) is 92.4 Å². The van der Waals surface area contributed by atoms with Gasteiger partial charge < -0.3 is 19.1 Å². The zero-order chi connectivity index (χ0) is 24.6. The molecule has 0 unspecified atom stereocenters. The Labute approximate surface area is 208 Å². The van der Waals surface area contributed by atoms with E-state index in [1.807, 2.05) is 35.2 Å². The zero-order valence-corrected chi connectivity index (χ0v) is 20.3. The van der Waals surface area contributed by atoms with Crippen LogP contribution < -0.4 is 5.56 Å². The molecule has 36 heavy (non-hydrogen) atoms. The lowest BCUT2D eigenvalue weighted by Gasteiger charge is -2.28. The third-order valence-corrected chi connectivity index (χ3v) is 7.42. The molecule has 10 nitrogen and oxygen atoms in total. The number of carbonyl (C=O) groups is 2. The lowest BCUT2D eigenvalue weighted by Crippen LogP contribution is -2.41. The second-order valence-corrected chi connectivity index (χ2v) is 9.65. The third kappa shape index (κ3) is 4.10. The van der Waals surface area contributed by atoms with E-state index in [1.165, 1.54) is 4.52 Å². The van der Waals surface area contributed by atoms with Gasteiger partial charge in [-0.2, -0.15) is 9.61 Å². The molecule has 10 heteroatoms. The molecule has 2 saturated heterocycles. The van der Waals surface area contributed by atoms with Gasteiger partial charge in [0.15, 0.2) is 0 Å². The van der Waals surface area contributed by atoms with E-state index in [0.29, 0.717) is 42.4 Å². The van der Waals surface area contributed by atoms with Crippen LogP contribution in [-0.4, -0.2) is 93.2 Å². The fourth-order valence-electron chi connectivity index (χ4n) is 5.40. The molecule has 2 aromatic heterocycles. The normalized spacial score (nSPS) is 18.4. The molecule has 0 radical (unpaired) electrons. The third-order valence-electron chi connectivity index (χ3n) is 7.42. The van der Waals surface area contributed by atoms with Crippen molar-refractivity contribution in [1.82, 2.24) is 28.9 Å². The van der Waals surface area contributed by atoms with E-state index < -0.39 is 0 Å². The van der Waals surface area contributed by atoms with Crippen LogP contribution in [0.4, 0.5) is 0 Å². The van der Waals surface area contributed by atoms with Crippen molar-refractivity contribution in [3.63, 3.8) is 0 Å². The highest BCUT2D eigenvalue weighted by molar-refractivity contribution is 5.98. The van der Waals surface area contributed by atoms with Gasteiger partial charge in [0.1, 0.15) is 17.9 Å². The van der Waals surface area contributed by atoms with Crippen molar-refractivity contribution in [3.05, 3.63) is 58.0 Å². The Bertz CT molecular complexity index is 1350. The molecule has 0 aliphatic carbocycles. The van der Waals surface area contributed by atoms with E-state index in [9.17, 15) is 14.4 Å². The van der Waals surface area contributed by atoms with E-state index in [0.717, 1.165) is 51.1 Å². The van der Waals surface area contributed by atoms with Gasteiger partial charge in [-0.1, -0.05) is 30.3 Å². The first kappa shape index (κ1) is 22.9. The van der Waals surface area contributed by atoms with Crippen molar-refractivity contribution >= 4 is 17.5 Å². The molecule has 0 bridgehead atoms. The van der Waals surface area contributed by atoms with Crippen LogP contribution in [0.15, 0.2) is 41.2 Å². The molecule has 0 N–H and O–H groups in total. The first-order valence-corrected chi connectivity index (χ1v) is 12.7. The average Bonchev–Trinajstić information content (AvgIpc) is 3.66. The number of rotatable bonds is 6. The summed E-state index contributed by atoms with van der Waals surface area (Å²) in [4.78, 5) is 46.2. The molecule has 2 amide bonds. The minimum Gasteiger partial charge on any atom is -0.379 e. The van der Waals surface area contributed by atoms with Crippen molar-refractivity contribution in [1.29, 1.82) is 0 Å². The minimum atomic E-state index is -0.297. The Kier molecular flexibility index (Phi) is 6.06. The lowest BCUT2D eigenvalue weighted by molar-refractivity contribution is -0.130. The standard InChI is InChI=1S/C26H30N6O4/c33-23(29-8-4-5-9-29)18-31-22-16-21(19-6-2-1-3-7-19)27-32(22)25(34)20-17-30(26(35)24(20)31)11-10-28-12-14-36-15-13-28/h1-3,6-7,16H,4-5,8-15,17-18H2. The molecule has 3 aliphatic heterocycles. The predicted molar refractivity (Wildman–Crippen MR) is 133 cm³/mol. The number of benzene rings is 1. The highest BCUT2D eigenvalue weighted by Crippen LogP contribution is 2.25. The maximum Gasteiger partial charge on any atom is 0.280 e. The van der Waals surface area contributed by atoms with Crippen LogP contribution >= 0.6 is 0 Å². The Morgan fingerprint density at radius 3 is 2.47 bits per heavy atom. The van der Waals surface area contributed by atoms with Gasteiger partial charge >= 0.3 is 0 Å². The van der Waals surface area contributed by atoms with Gasteiger partial charge in [-0.15, -0.1) is 0 Å². The van der Waals surface area contributed by atoms with Gasteiger partial charge in [-0.05, 0) is 12.8 Å². The number of nitrogens with zero attached hydrogens (tertiary/aromatic N) is 6. The molecule has 1 aromatic carbocycles. The summed E-state index contributed by atoms with van der Waals surface area (Å²) >= 11 is 0. The summed E-state index contributed by atoms with van der Waals surface area (Å²) in [7, 11) is 0. The lowest BCUT2D eigenvalue weighted by atomic mass is 10.1. The summed E-state index contributed by atoms with van der Waals surface area (Å²) in [6.45, 7) is 5.99. The molecule has 5 heterocycles. The Morgan fingerprint density at radius 2 is 1.72 bits per heavy atom. The van der Waals surface area contributed by atoms with Gasteiger partial charge in [0.05, 0.1) is 31.0 Å². The van der Waals surface area contributed by atoms with Crippen LogP contribution in [0.25, 0.3) is 16.9 Å². The summed E-state index contributed by atoms with van der Waals surface area (Å²) in [6.07, 6.45) is 1.98. The molecular formula is C26H30N6O4. The number of morpholine rings is 1. The van der Waals surface area contributed by atoms with Gasteiger partial charge in [0.25, 0.3) is 11.5 Å². The van der Waals surface area contributed by atoms with Crippen LogP contribution in [0.1, 0.15) is 28.9 Å². The van der Waals surface area contributed by atoms with Crippen molar-refractivity contribution in [2.75, 3.05) is 52.5 Å². The van der Waals surface area contributed by atoms with Crippen LogP contribution in [-0.2, 0) is 22.6 Å². The molecular weight excluding hydrogens is 460 g/mol. The highest BCUT2D eigenvalue weighted by atomic mass is 16.5. The molecule has 0 saturated carbocycles. The number of ether oxygens (including phenoxy) is 1. The van der Waals surface area contributed by atoms with Crippen LogP contribution in [0.5, 0.6) is 0 Å². The molecule has 3 aromatic rings. The van der Waals surface area contributed by atoms with E-state index >= 15 is 0 Å². The van der Waals surface area contributed by atoms with Gasteiger partial charge in [0, 0.05) is 50.9 Å². The Morgan fingerprint density at radius 1 is 0.972 bits per heavy atom. The van der Waals surface area contributed by atoms with Gasteiger partial charge in [-0.25, -0.2) is 0 Å². The van der Waals surface area contributed by atoms with E-state index in [1.54, 1.807) is 15.5 Å². The predicted octanol–water partition coefficient (Wildman–Crippen LogP) is 1.07. The quantitative estimate of drug-likeness (QED) is 0.514. The van der Waals surface area contributed by atoms with Crippen molar-refractivity contribution in [2.24, 2.45) is 0 Å². The minimum absolute atomic E-state index is 0.00901. The number of hydrogen-bond acceptors (Lipinski definition) is 6. The second kappa shape index (κ2) is 9.51. The number of aromatic nitrogens is 3. The molecule has 6 rings (SSSR count). The summed E-state index contributed by atoms with van der Waals surface area (Å²) < 4.78 is 8.49. The number of likely N-dealkylation sites (tertiary alicyclic amines) is 1. The van der Waals surface area contributed by atoms with Crippen LogP contribution in [0.3, 0.4) is 0 Å². The summed E-state index contributed by atoms with van der Waals surface area (Å²) in [6, 6.07) is 11.4. The van der Waals surface area contributed by atoms with E-state index in [2.05, 4.69) is 10.00 Å². The molecule has 3 aliphatic rings. The number of amides is 2. The van der Waals surface area contributed by atoms with E-state index in [4.69, 9.17) is 4.74 Å². The maximum absolute atomic E-state index is 13.6. The summed E-state index contributed by atoms with van der Waals surface area (Å²) in [5, 5.41) is 4.60. The smallest absolute Gasteiger partial charge is 0.280 e. The Hall–Kier alpha value is -3.50. The van der Waals surface area contributed by atoms with Crippen molar-refractivity contribution < 1.29 is 14.3 Å². The number of fused-ring (bicyclic) bond motifs is 2. The molecule has 188 valence electrons. The SMILES string of the molecule is O=C(Cn1c2c(c(=O)n3nc(-c4ccccc4)cc13)CN(CCN1CCOCC1)C2=O)N1CCCC1. The number of carbonyl (C=O) groups excluding carboxylic acids is 2. The first-order chi connectivity index (χ1) is 17.6. The van der Waals surface area contributed by atoms with Crippen molar-refractivity contribution in [2.45, 2.75) is 25.9 Å². The second-order valence-electron chi connectivity index (χ2n) is 9.65. The molecule has 0 atom stereocenters. The summed E-state index contributed by atoms with van der Waals surface area (Å²) in [5.74, 6) is -0.239. The highest BCUT2D eigenvalue weighted by Gasteiger charge is 2.36. The monoisotopic (exact) mass is 490 g/mol. The average molecular weight is 491 g/mol. The van der Waals surface area contributed by atoms with E-state index in [-0.39, 0.29) is 30.5 Å². The number of hydrogen-bond donors (Lipinski definition) is 0. The van der Waals surface area contributed by atoms with Gasteiger partial charge in [-0.3, -0.25) is 19.3 Å². The molecule has 2 fully saturated rings. The van der Waals surface area contributed by atoms with Crippen molar-refractivity contribution in [3.8, 4) is 11.3 Å². The largest absolute Gasteiger partial charge is 0.379 e. The fraction of sp³-hybridized carbons (Fsp3) is 0.462. The molecule has 0 spiro atoms.